The Morgan fingerprint density at radius 2 is 2.07 bits per heavy atom. The van der Waals surface area contributed by atoms with Gasteiger partial charge in [0.25, 0.3) is 0 Å². The minimum atomic E-state index is -0.515. The van der Waals surface area contributed by atoms with E-state index in [1.807, 2.05) is 31.2 Å². The van der Waals surface area contributed by atoms with Crippen molar-refractivity contribution in [2.24, 2.45) is 5.73 Å². The van der Waals surface area contributed by atoms with E-state index in [0.29, 0.717) is 17.9 Å². The van der Waals surface area contributed by atoms with E-state index >= 15 is 0 Å². The van der Waals surface area contributed by atoms with Crippen LogP contribution in [-0.2, 0) is 11.3 Å². The third-order valence-electron chi connectivity index (χ3n) is 4.52. The van der Waals surface area contributed by atoms with Gasteiger partial charge in [0.2, 0.25) is 11.9 Å². The number of carbonyl (C=O) groups is 1. The zero-order valence-corrected chi connectivity index (χ0v) is 15.4. The second-order valence-corrected chi connectivity index (χ2v) is 6.57. The number of nitrogens with zero attached hydrogens (tertiary/aromatic N) is 7. The van der Waals surface area contributed by atoms with Crippen molar-refractivity contribution >= 4 is 22.8 Å². The summed E-state index contributed by atoms with van der Waals surface area (Å²) in [6.45, 7) is 4.06. The van der Waals surface area contributed by atoms with Gasteiger partial charge in [-0.05, 0) is 25.5 Å². The molecule has 0 aliphatic heterocycles. The summed E-state index contributed by atoms with van der Waals surface area (Å²) in [7, 11) is 0. The summed E-state index contributed by atoms with van der Waals surface area (Å²) in [5.74, 6) is -0.258. The molecule has 0 saturated heterocycles. The average Bonchev–Trinajstić information content (AvgIpc) is 3.31. The predicted molar refractivity (Wildman–Crippen MR) is 103 cm³/mol. The van der Waals surface area contributed by atoms with Gasteiger partial charge < -0.3 is 11.5 Å². The number of benzene rings is 1. The lowest BCUT2D eigenvalue weighted by Crippen LogP contribution is -2.24. The first-order chi connectivity index (χ1) is 13.4. The largest absolute Gasteiger partial charge is 0.368 e. The first-order valence-corrected chi connectivity index (χ1v) is 8.69. The maximum absolute atomic E-state index is 11.3. The summed E-state index contributed by atoms with van der Waals surface area (Å²) in [5, 5.41) is 13.6. The van der Waals surface area contributed by atoms with Gasteiger partial charge in [0.1, 0.15) is 17.4 Å². The number of primary amides is 1. The van der Waals surface area contributed by atoms with Crippen molar-refractivity contribution < 1.29 is 4.79 Å². The van der Waals surface area contributed by atoms with E-state index in [0.717, 1.165) is 22.2 Å². The van der Waals surface area contributed by atoms with E-state index in [4.69, 9.17) is 11.5 Å². The van der Waals surface area contributed by atoms with Crippen LogP contribution in [-0.4, -0.2) is 40.6 Å². The highest BCUT2D eigenvalue weighted by molar-refractivity contribution is 5.93. The number of nitrogens with two attached hydrogens (primary N) is 2. The fraction of sp³-hybridized carbons (Fsp3) is 0.222. The normalized spacial score (nSPS) is 12.4. The highest BCUT2D eigenvalue weighted by atomic mass is 16.1. The first-order valence-electron chi connectivity index (χ1n) is 8.69. The molecule has 4 N–H and O–H groups in total. The number of para-hydroxylation sites is 1. The standard InChI is InChI=1S/C18H19N9O/c1-10-4-3-5-13-15(10)21-18(20)22-16(13)14-9-26(25-23-14)8-12-6-7-27(24-12)11(2)17(19)28/h3-7,9,11H,8H2,1-2H3,(H2,19,28)(H2,20,21,22). The number of hydrogen-bond donors (Lipinski definition) is 2. The molecule has 4 rings (SSSR count). The van der Waals surface area contributed by atoms with Crippen molar-refractivity contribution in [3.8, 4) is 11.4 Å². The van der Waals surface area contributed by atoms with Crippen LogP contribution in [0.5, 0.6) is 0 Å². The zero-order valence-electron chi connectivity index (χ0n) is 15.4. The van der Waals surface area contributed by atoms with Gasteiger partial charge in [-0.2, -0.15) is 5.10 Å². The Bertz CT molecular complexity index is 1180. The molecule has 0 saturated carbocycles. The number of fused-ring (bicyclic) bond motifs is 1. The lowest BCUT2D eigenvalue weighted by molar-refractivity contribution is -0.120. The minimum absolute atomic E-state index is 0.186. The maximum atomic E-state index is 11.3. The lowest BCUT2D eigenvalue weighted by Gasteiger charge is -2.06. The van der Waals surface area contributed by atoms with Crippen molar-refractivity contribution in [2.45, 2.75) is 26.4 Å². The Kier molecular flexibility index (Phi) is 4.22. The predicted octanol–water partition coefficient (Wildman–Crippen LogP) is 1.07. The molecule has 0 fully saturated rings. The van der Waals surface area contributed by atoms with Gasteiger partial charge in [-0.1, -0.05) is 23.4 Å². The summed E-state index contributed by atoms with van der Waals surface area (Å²) >= 11 is 0. The third-order valence-corrected chi connectivity index (χ3v) is 4.52. The highest BCUT2D eigenvalue weighted by Gasteiger charge is 2.15. The average molecular weight is 377 g/mol. The molecule has 3 heterocycles. The van der Waals surface area contributed by atoms with Crippen LogP contribution >= 0.6 is 0 Å². The number of hydrogen-bond acceptors (Lipinski definition) is 7. The first kappa shape index (κ1) is 17.6. The summed E-state index contributed by atoms with van der Waals surface area (Å²) in [6.07, 6.45) is 3.49. The molecule has 1 amide bonds. The molecule has 0 spiro atoms. The Morgan fingerprint density at radius 1 is 1.25 bits per heavy atom. The van der Waals surface area contributed by atoms with Crippen LogP contribution < -0.4 is 11.5 Å². The van der Waals surface area contributed by atoms with Crippen molar-refractivity contribution in [1.29, 1.82) is 0 Å². The van der Waals surface area contributed by atoms with E-state index in [9.17, 15) is 4.79 Å². The van der Waals surface area contributed by atoms with Gasteiger partial charge in [0, 0.05) is 11.6 Å². The fourth-order valence-electron chi connectivity index (χ4n) is 2.97. The Hall–Kier alpha value is -3.82. The number of rotatable bonds is 5. The molecule has 142 valence electrons. The van der Waals surface area contributed by atoms with Crippen LogP contribution in [0.4, 0.5) is 5.95 Å². The minimum Gasteiger partial charge on any atom is -0.368 e. The fourth-order valence-corrected chi connectivity index (χ4v) is 2.97. The molecule has 28 heavy (non-hydrogen) atoms. The molecule has 1 atom stereocenters. The molecule has 0 aliphatic carbocycles. The quantitative estimate of drug-likeness (QED) is 0.529. The second kappa shape index (κ2) is 6.72. The summed E-state index contributed by atoms with van der Waals surface area (Å²) < 4.78 is 3.17. The highest BCUT2D eigenvalue weighted by Crippen LogP contribution is 2.26. The lowest BCUT2D eigenvalue weighted by atomic mass is 10.1. The van der Waals surface area contributed by atoms with Gasteiger partial charge in [-0.15, -0.1) is 5.10 Å². The molecule has 0 radical (unpaired) electrons. The number of carbonyl (C=O) groups excluding carboxylic acids is 1. The SMILES string of the molecule is Cc1cccc2c(-c3cn(Cc4ccn(C(C)C(N)=O)n4)nn3)nc(N)nc12. The van der Waals surface area contributed by atoms with Gasteiger partial charge in [-0.25, -0.2) is 14.6 Å². The molecule has 1 aromatic carbocycles. The van der Waals surface area contributed by atoms with Crippen LogP contribution in [0.3, 0.4) is 0 Å². The zero-order chi connectivity index (χ0) is 19.8. The van der Waals surface area contributed by atoms with E-state index in [2.05, 4.69) is 25.4 Å². The van der Waals surface area contributed by atoms with E-state index in [-0.39, 0.29) is 5.95 Å². The van der Waals surface area contributed by atoms with Gasteiger partial charge in [0.15, 0.2) is 0 Å². The smallest absolute Gasteiger partial charge is 0.241 e. The number of amides is 1. The number of anilines is 1. The molecule has 10 heteroatoms. The van der Waals surface area contributed by atoms with Crippen LogP contribution in [0.1, 0.15) is 24.2 Å². The number of nitrogen functional groups attached to an aromatic ring is 1. The van der Waals surface area contributed by atoms with Crippen molar-refractivity contribution in [2.75, 3.05) is 5.73 Å². The topological polar surface area (TPSA) is 143 Å². The second-order valence-electron chi connectivity index (χ2n) is 6.57. The van der Waals surface area contributed by atoms with Crippen LogP contribution in [0.15, 0.2) is 36.7 Å². The molecule has 3 aromatic heterocycles. The van der Waals surface area contributed by atoms with Crippen LogP contribution in [0.25, 0.3) is 22.3 Å². The molecular weight excluding hydrogens is 358 g/mol. The summed E-state index contributed by atoms with van der Waals surface area (Å²) in [5.41, 5.74) is 15.0. The van der Waals surface area contributed by atoms with Gasteiger partial charge in [0.05, 0.1) is 24.0 Å². The van der Waals surface area contributed by atoms with Crippen LogP contribution in [0, 0.1) is 6.92 Å². The molecule has 4 aromatic rings. The Labute approximate surface area is 160 Å². The molecule has 10 nitrogen and oxygen atoms in total. The number of aromatic nitrogens is 7. The Morgan fingerprint density at radius 3 is 2.86 bits per heavy atom. The third kappa shape index (κ3) is 3.15. The molecule has 1 unspecified atom stereocenters. The van der Waals surface area contributed by atoms with Crippen molar-refractivity contribution in [1.82, 2.24) is 34.7 Å². The van der Waals surface area contributed by atoms with Crippen molar-refractivity contribution in [3.05, 3.63) is 47.9 Å². The molecule has 0 bridgehead atoms. The van der Waals surface area contributed by atoms with E-state index < -0.39 is 11.9 Å². The van der Waals surface area contributed by atoms with E-state index in [1.165, 1.54) is 4.68 Å². The number of aryl methyl sites for hydroxylation is 1. The van der Waals surface area contributed by atoms with E-state index in [1.54, 1.807) is 24.0 Å². The van der Waals surface area contributed by atoms with Crippen LogP contribution in [0.2, 0.25) is 0 Å². The van der Waals surface area contributed by atoms with Crippen molar-refractivity contribution in [3.63, 3.8) is 0 Å². The summed E-state index contributed by atoms with van der Waals surface area (Å²) in [4.78, 5) is 20.0. The Balaban J connectivity index is 1.65. The molecular formula is C18H19N9O. The summed E-state index contributed by atoms with van der Waals surface area (Å²) in [6, 6.07) is 7.14. The van der Waals surface area contributed by atoms with Gasteiger partial charge >= 0.3 is 0 Å². The van der Waals surface area contributed by atoms with Gasteiger partial charge in [-0.3, -0.25) is 9.48 Å². The molecule has 0 aliphatic rings. The monoisotopic (exact) mass is 377 g/mol. The maximum Gasteiger partial charge on any atom is 0.241 e.